The van der Waals surface area contributed by atoms with Gasteiger partial charge in [0, 0.05) is 6.54 Å². The van der Waals surface area contributed by atoms with E-state index in [4.69, 9.17) is 10.8 Å². The Morgan fingerprint density at radius 1 is 1.77 bits per heavy atom. The highest BCUT2D eigenvalue weighted by Crippen LogP contribution is 2.37. The summed E-state index contributed by atoms with van der Waals surface area (Å²) >= 11 is 0. The van der Waals surface area contributed by atoms with Gasteiger partial charge >= 0.3 is 0 Å². The Morgan fingerprint density at radius 3 is 2.69 bits per heavy atom. The number of carbonyl (C=O) groups is 1. The average molecular weight is 186 g/mol. The Bertz CT molecular complexity index is 198. The second kappa shape index (κ2) is 3.64. The van der Waals surface area contributed by atoms with Gasteiger partial charge in [0.25, 0.3) is 0 Å². The predicted molar refractivity (Wildman–Crippen MR) is 50.0 cm³/mol. The third-order valence-electron chi connectivity index (χ3n) is 2.47. The molecule has 1 aliphatic rings. The van der Waals surface area contributed by atoms with Gasteiger partial charge < -0.3 is 16.2 Å². The number of aliphatic hydroxyl groups excluding tert-OH is 1. The fraction of sp³-hybridized carbons (Fsp3) is 0.889. The number of nitrogens with one attached hydrogen (secondary N) is 1. The van der Waals surface area contributed by atoms with Crippen LogP contribution in [0.4, 0.5) is 0 Å². The molecule has 0 bridgehead atoms. The van der Waals surface area contributed by atoms with Crippen molar-refractivity contribution in [1.29, 1.82) is 0 Å². The average Bonchev–Trinajstić information content (AvgIpc) is 2.81. The largest absolute Gasteiger partial charge is 0.392 e. The molecule has 13 heavy (non-hydrogen) atoms. The number of rotatable bonds is 4. The molecule has 2 atom stereocenters. The Morgan fingerprint density at radius 2 is 2.31 bits per heavy atom. The van der Waals surface area contributed by atoms with Gasteiger partial charge in [0.1, 0.15) is 0 Å². The number of aliphatic hydroxyl groups is 1. The molecule has 0 heterocycles. The van der Waals surface area contributed by atoms with Crippen molar-refractivity contribution in [2.24, 2.45) is 11.7 Å². The highest BCUT2D eigenvalue weighted by Gasteiger charge is 2.43. The van der Waals surface area contributed by atoms with E-state index in [1.165, 1.54) is 0 Å². The third kappa shape index (κ3) is 2.67. The van der Waals surface area contributed by atoms with Gasteiger partial charge in [-0.3, -0.25) is 4.79 Å². The molecule has 1 aliphatic carbocycles. The van der Waals surface area contributed by atoms with E-state index in [0.717, 1.165) is 12.8 Å². The smallest absolute Gasteiger partial charge is 0.240 e. The van der Waals surface area contributed by atoms with Crippen LogP contribution in [0.2, 0.25) is 0 Å². The van der Waals surface area contributed by atoms with Gasteiger partial charge in [-0.2, -0.15) is 0 Å². The minimum absolute atomic E-state index is 0.157. The second-order valence-corrected chi connectivity index (χ2v) is 4.12. The van der Waals surface area contributed by atoms with E-state index in [1.807, 2.05) is 0 Å². The van der Waals surface area contributed by atoms with Crippen molar-refractivity contribution in [2.45, 2.75) is 38.3 Å². The summed E-state index contributed by atoms with van der Waals surface area (Å²) in [5.74, 6) is 0.164. The fourth-order valence-electron chi connectivity index (χ4n) is 1.30. The van der Waals surface area contributed by atoms with Crippen LogP contribution in [0.15, 0.2) is 0 Å². The van der Waals surface area contributed by atoms with Crippen LogP contribution < -0.4 is 11.1 Å². The minimum Gasteiger partial charge on any atom is -0.392 e. The van der Waals surface area contributed by atoms with Crippen LogP contribution in [0.3, 0.4) is 0 Å². The lowest BCUT2D eigenvalue weighted by atomic mass is 9.96. The van der Waals surface area contributed by atoms with Crippen LogP contribution in [0.1, 0.15) is 26.7 Å². The van der Waals surface area contributed by atoms with Crippen molar-refractivity contribution >= 4 is 5.91 Å². The molecular formula is C9H18N2O2. The third-order valence-corrected chi connectivity index (χ3v) is 2.47. The maximum absolute atomic E-state index is 11.5. The highest BCUT2D eigenvalue weighted by atomic mass is 16.3. The number of hydrogen-bond donors (Lipinski definition) is 3. The normalized spacial score (nSPS) is 23.4. The van der Waals surface area contributed by atoms with Crippen molar-refractivity contribution in [3.05, 3.63) is 0 Å². The lowest BCUT2D eigenvalue weighted by Gasteiger charge is -2.23. The summed E-state index contributed by atoms with van der Waals surface area (Å²) in [6.07, 6.45) is 1.56. The summed E-state index contributed by atoms with van der Waals surface area (Å²) in [4.78, 5) is 11.5. The van der Waals surface area contributed by atoms with Gasteiger partial charge in [-0.25, -0.2) is 0 Å². The summed E-state index contributed by atoms with van der Waals surface area (Å²) in [6, 6.07) is 0. The van der Waals surface area contributed by atoms with E-state index < -0.39 is 11.6 Å². The van der Waals surface area contributed by atoms with Crippen LogP contribution >= 0.6 is 0 Å². The van der Waals surface area contributed by atoms with Crippen LogP contribution in [-0.4, -0.2) is 29.2 Å². The molecule has 0 spiro atoms. The molecule has 4 heteroatoms. The van der Waals surface area contributed by atoms with Crippen molar-refractivity contribution in [3.8, 4) is 0 Å². The van der Waals surface area contributed by atoms with Crippen LogP contribution in [0, 0.1) is 5.92 Å². The first-order valence-corrected chi connectivity index (χ1v) is 4.70. The molecule has 0 radical (unpaired) electrons. The fourth-order valence-corrected chi connectivity index (χ4v) is 1.30. The van der Waals surface area contributed by atoms with Crippen LogP contribution in [0.5, 0.6) is 0 Å². The zero-order valence-corrected chi connectivity index (χ0v) is 8.21. The summed E-state index contributed by atoms with van der Waals surface area (Å²) in [5.41, 5.74) is 5.10. The first-order chi connectivity index (χ1) is 5.94. The quantitative estimate of drug-likeness (QED) is 0.559. The van der Waals surface area contributed by atoms with E-state index in [1.54, 1.807) is 13.8 Å². The van der Waals surface area contributed by atoms with E-state index in [2.05, 4.69) is 5.32 Å². The molecular weight excluding hydrogens is 168 g/mol. The Labute approximate surface area is 78.5 Å². The topological polar surface area (TPSA) is 75.3 Å². The van der Waals surface area contributed by atoms with Gasteiger partial charge in [0.05, 0.1) is 11.6 Å². The Kier molecular flexibility index (Phi) is 2.93. The maximum atomic E-state index is 11.5. The molecule has 0 aromatic heterocycles. The van der Waals surface area contributed by atoms with Crippen LogP contribution in [0.25, 0.3) is 0 Å². The molecule has 1 unspecified atom stereocenters. The zero-order chi connectivity index (χ0) is 10.1. The van der Waals surface area contributed by atoms with E-state index in [-0.39, 0.29) is 12.5 Å². The summed E-state index contributed by atoms with van der Waals surface area (Å²) in [6.45, 7) is 3.66. The molecule has 0 aromatic rings. The van der Waals surface area contributed by atoms with Crippen molar-refractivity contribution in [1.82, 2.24) is 5.32 Å². The van der Waals surface area contributed by atoms with Crippen LogP contribution in [-0.2, 0) is 4.79 Å². The molecule has 1 saturated carbocycles. The monoisotopic (exact) mass is 186 g/mol. The number of amides is 1. The van der Waals surface area contributed by atoms with Gasteiger partial charge in [-0.15, -0.1) is 0 Å². The Hall–Kier alpha value is -0.610. The van der Waals surface area contributed by atoms with E-state index in [9.17, 15) is 4.79 Å². The van der Waals surface area contributed by atoms with E-state index in [0.29, 0.717) is 5.92 Å². The second-order valence-electron chi connectivity index (χ2n) is 4.12. The number of hydrogen-bond acceptors (Lipinski definition) is 3. The molecule has 0 saturated heterocycles. The molecule has 4 nitrogen and oxygen atoms in total. The molecule has 76 valence electrons. The highest BCUT2D eigenvalue weighted by molar-refractivity contribution is 5.86. The van der Waals surface area contributed by atoms with E-state index >= 15 is 0 Å². The maximum Gasteiger partial charge on any atom is 0.240 e. The first-order valence-electron chi connectivity index (χ1n) is 4.70. The summed E-state index contributed by atoms with van der Waals surface area (Å²) in [5, 5.41) is 11.6. The van der Waals surface area contributed by atoms with Gasteiger partial charge in [0.15, 0.2) is 0 Å². The zero-order valence-electron chi connectivity index (χ0n) is 8.21. The molecule has 1 fully saturated rings. The van der Waals surface area contributed by atoms with Gasteiger partial charge in [-0.05, 0) is 32.6 Å². The lowest BCUT2D eigenvalue weighted by molar-refractivity contribution is -0.126. The minimum atomic E-state index is -0.755. The SMILES string of the molecule is C[C@@H](O)CNC(=O)C(C)(N)C1CC1. The van der Waals surface area contributed by atoms with Gasteiger partial charge in [0.2, 0.25) is 5.91 Å². The predicted octanol–water partition coefficient (Wildman–Crippen LogP) is -0.389. The van der Waals surface area contributed by atoms with Gasteiger partial charge in [-0.1, -0.05) is 0 Å². The van der Waals surface area contributed by atoms with Crippen molar-refractivity contribution < 1.29 is 9.90 Å². The molecule has 4 N–H and O–H groups in total. The Balaban J connectivity index is 2.37. The number of nitrogens with two attached hydrogens (primary N) is 1. The molecule has 1 rings (SSSR count). The van der Waals surface area contributed by atoms with Crippen molar-refractivity contribution in [2.75, 3.05) is 6.54 Å². The molecule has 0 aromatic carbocycles. The van der Waals surface area contributed by atoms with Crippen molar-refractivity contribution in [3.63, 3.8) is 0 Å². The molecule has 0 aliphatic heterocycles. The first kappa shape index (κ1) is 10.5. The lowest BCUT2D eigenvalue weighted by Crippen LogP contribution is -2.54. The summed E-state index contributed by atoms with van der Waals surface area (Å²) < 4.78 is 0. The standard InChI is InChI=1S/C9H18N2O2/c1-6(12)5-11-8(13)9(2,10)7-3-4-7/h6-7,12H,3-5,10H2,1-2H3,(H,11,13)/t6-,9?/m1/s1. The molecule has 1 amide bonds. The summed E-state index contributed by atoms with van der Waals surface area (Å²) in [7, 11) is 0. The number of carbonyl (C=O) groups excluding carboxylic acids is 1.